The SMILES string of the molecule is CC1CCC(CNC(=O)NC2(C)CCC2)(C(=O)O)CC1. The van der Waals surface area contributed by atoms with E-state index < -0.39 is 11.4 Å². The van der Waals surface area contributed by atoms with Gasteiger partial charge in [-0.1, -0.05) is 6.92 Å². The van der Waals surface area contributed by atoms with Gasteiger partial charge in [0.15, 0.2) is 0 Å². The van der Waals surface area contributed by atoms with Gasteiger partial charge in [0.05, 0.1) is 5.41 Å². The summed E-state index contributed by atoms with van der Waals surface area (Å²) in [5, 5.41) is 15.2. The Morgan fingerprint density at radius 2 is 1.80 bits per heavy atom. The van der Waals surface area contributed by atoms with Crippen molar-refractivity contribution in [2.24, 2.45) is 11.3 Å². The fourth-order valence-corrected chi connectivity index (χ4v) is 3.18. The summed E-state index contributed by atoms with van der Waals surface area (Å²) in [4.78, 5) is 23.5. The zero-order chi connectivity index (χ0) is 14.8. The highest BCUT2D eigenvalue weighted by atomic mass is 16.4. The third-order valence-corrected chi connectivity index (χ3v) is 5.14. The predicted molar refractivity (Wildman–Crippen MR) is 76.5 cm³/mol. The van der Waals surface area contributed by atoms with Crippen LogP contribution in [0.4, 0.5) is 4.79 Å². The van der Waals surface area contributed by atoms with Gasteiger partial charge in [-0.15, -0.1) is 0 Å². The molecule has 0 heterocycles. The Balaban J connectivity index is 1.86. The van der Waals surface area contributed by atoms with Gasteiger partial charge >= 0.3 is 12.0 Å². The zero-order valence-corrected chi connectivity index (χ0v) is 12.5. The molecule has 5 nitrogen and oxygen atoms in total. The highest BCUT2D eigenvalue weighted by molar-refractivity contribution is 5.78. The van der Waals surface area contributed by atoms with Crippen LogP contribution in [0.3, 0.4) is 0 Å². The number of hydrogen-bond acceptors (Lipinski definition) is 2. The average molecular weight is 282 g/mol. The van der Waals surface area contributed by atoms with Crippen LogP contribution in [0.5, 0.6) is 0 Å². The monoisotopic (exact) mass is 282 g/mol. The quantitative estimate of drug-likeness (QED) is 0.741. The molecular weight excluding hydrogens is 256 g/mol. The van der Waals surface area contributed by atoms with Gasteiger partial charge in [-0.3, -0.25) is 4.79 Å². The smallest absolute Gasteiger partial charge is 0.315 e. The summed E-state index contributed by atoms with van der Waals surface area (Å²) in [6.07, 6.45) is 6.31. The van der Waals surface area contributed by atoms with Gasteiger partial charge in [0, 0.05) is 12.1 Å². The van der Waals surface area contributed by atoms with Gasteiger partial charge in [0.1, 0.15) is 0 Å². The maximum absolute atomic E-state index is 11.9. The topological polar surface area (TPSA) is 78.4 Å². The lowest BCUT2D eigenvalue weighted by molar-refractivity contribution is -0.151. The molecule has 2 aliphatic rings. The molecule has 2 saturated carbocycles. The predicted octanol–water partition coefficient (Wildman–Crippen LogP) is 2.51. The van der Waals surface area contributed by atoms with Crippen LogP contribution in [0, 0.1) is 11.3 Å². The van der Waals surface area contributed by atoms with Crippen molar-refractivity contribution in [1.82, 2.24) is 10.6 Å². The summed E-state index contributed by atoms with van der Waals surface area (Å²) < 4.78 is 0. The first kappa shape index (κ1) is 15.1. The molecule has 0 aromatic heterocycles. The normalized spacial score (nSPS) is 32.0. The molecule has 0 radical (unpaired) electrons. The molecule has 0 aromatic carbocycles. The molecule has 0 aliphatic heterocycles. The maximum Gasteiger partial charge on any atom is 0.315 e. The van der Waals surface area contributed by atoms with Crippen LogP contribution >= 0.6 is 0 Å². The largest absolute Gasteiger partial charge is 0.481 e. The summed E-state index contributed by atoms with van der Waals surface area (Å²) in [7, 11) is 0. The van der Waals surface area contributed by atoms with Gasteiger partial charge in [-0.2, -0.15) is 0 Å². The molecule has 0 bridgehead atoms. The van der Waals surface area contributed by atoms with Crippen molar-refractivity contribution >= 4 is 12.0 Å². The molecule has 0 aromatic rings. The van der Waals surface area contributed by atoms with Gasteiger partial charge in [0.2, 0.25) is 0 Å². The second-order valence-corrected chi connectivity index (χ2v) is 6.99. The molecule has 0 unspecified atom stereocenters. The lowest BCUT2D eigenvalue weighted by atomic mass is 9.71. The molecular formula is C15H26N2O3. The van der Waals surface area contributed by atoms with Crippen molar-refractivity contribution in [3.05, 3.63) is 0 Å². The van der Waals surface area contributed by atoms with E-state index in [1.54, 1.807) is 0 Å². The summed E-state index contributed by atoms with van der Waals surface area (Å²) >= 11 is 0. The molecule has 3 N–H and O–H groups in total. The van der Waals surface area contributed by atoms with Crippen LogP contribution in [-0.2, 0) is 4.79 Å². The molecule has 0 saturated heterocycles. The van der Waals surface area contributed by atoms with Crippen LogP contribution < -0.4 is 10.6 Å². The average Bonchev–Trinajstić information content (AvgIpc) is 2.36. The summed E-state index contributed by atoms with van der Waals surface area (Å²) in [5.41, 5.74) is -0.869. The molecule has 20 heavy (non-hydrogen) atoms. The highest BCUT2D eigenvalue weighted by Gasteiger charge is 2.42. The number of carbonyl (C=O) groups is 2. The van der Waals surface area contributed by atoms with E-state index in [-0.39, 0.29) is 18.1 Å². The number of rotatable bonds is 4. The molecule has 2 fully saturated rings. The van der Waals surface area contributed by atoms with Crippen molar-refractivity contribution < 1.29 is 14.7 Å². The fraction of sp³-hybridized carbons (Fsp3) is 0.867. The van der Waals surface area contributed by atoms with Crippen molar-refractivity contribution in [2.75, 3.05) is 6.54 Å². The van der Waals surface area contributed by atoms with Crippen molar-refractivity contribution in [3.8, 4) is 0 Å². The third kappa shape index (κ3) is 3.25. The van der Waals surface area contributed by atoms with Gasteiger partial charge in [-0.05, 0) is 57.8 Å². The van der Waals surface area contributed by atoms with E-state index in [9.17, 15) is 14.7 Å². The molecule has 5 heteroatoms. The lowest BCUT2D eigenvalue weighted by Gasteiger charge is -2.40. The minimum Gasteiger partial charge on any atom is -0.481 e. The number of aliphatic carboxylic acids is 1. The van der Waals surface area contributed by atoms with E-state index in [1.807, 2.05) is 6.92 Å². The number of carboxylic acids is 1. The first-order chi connectivity index (χ1) is 9.35. The maximum atomic E-state index is 11.9. The number of carboxylic acid groups (broad SMARTS) is 1. The molecule has 0 atom stereocenters. The molecule has 0 spiro atoms. The first-order valence-corrected chi connectivity index (χ1v) is 7.65. The summed E-state index contributed by atoms with van der Waals surface area (Å²) in [6, 6.07) is -0.230. The van der Waals surface area contributed by atoms with Crippen LogP contribution in [0.15, 0.2) is 0 Å². The van der Waals surface area contributed by atoms with Crippen LogP contribution in [-0.4, -0.2) is 29.2 Å². The Kier molecular flexibility index (Phi) is 4.25. The number of amides is 2. The Labute approximate surface area is 120 Å². The minimum atomic E-state index is -0.778. The van der Waals surface area contributed by atoms with Gasteiger partial charge < -0.3 is 15.7 Å². The number of carbonyl (C=O) groups excluding carboxylic acids is 1. The number of urea groups is 1. The van der Waals surface area contributed by atoms with E-state index in [0.717, 1.165) is 32.1 Å². The van der Waals surface area contributed by atoms with Crippen LogP contribution in [0.2, 0.25) is 0 Å². The fourth-order valence-electron chi connectivity index (χ4n) is 3.18. The Bertz CT molecular complexity index is 383. The molecule has 2 amide bonds. The van der Waals surface area contributed by atoms with E-state index in [1.165, 1.54) is 0 Å². The van der Waals surface area contributed by atoms with E-state index in [0.29, 0.717) is 18.8 Å². The van der Waals surface area contributed by atoms with E-state index >= 15 is 0 Å². The van der Waals surface area contributed by atoms with Crippen molar-refractivity contribution in [3.63, 3.8) is 0 Å². The van der Waals surface area contributed by atoms with Gasteiger partial charge in [-0.25, -0.2) is 4.79 Å². The van der Waals surface area contributed by atoms with E-state index in [4.69, 9.17) is 0 Å². The van der Waals surface area contributed by atoms with E-state index in [2.05, 4.69) is 17.6 Å². The minimum absolute atomic E-state index is 0.0957. The number of nitrogens with one attached hydrogen (secondary N) is 2. The molecule has 2 rings (SSSR count). The second kappa shape index (κ2) is 5.62. The van der Waals surface area contributed by atoms with Crippen LogP contribution in [0.25, 0.3) is 0 Å². The van der Waals surface area contributed by atoms with Gasteiger partial charge in [0.25, 0.3) is 0 Å². The Morgan fingerprint density at radius 1 is 1.20 bits per heavy atom. The van der Waals surface area contributed by atoms with Crippen molar-refractivity contribution in [1.29, 1.82) is 0 Å². The highest BCUT2D eigenvalue weighted by Crippen LogP contribution is 2.38. The standard InChI is InChI=1S/C15H26N2O3/c1-11-4-8-15(9-5-11,12(18)19)10-16-13(20)17-14(2)6-3-7-14/h11H,3-10H2,1-2H3,(H,18,19)(H2,16,17,20). The third-order valence-electron chi connectivity index (χ3n) is 5.14. The lowest BCUT2D eigenvalue weighted by Crippen LogP contribution is -2.56. The van der Waals surface area contributed by atoms with Crippen molar-refractivity contribution in [2.45, 2.75) is 64.3 Å². The Morgan fingerprint density at radius 3 is 2.25 bits per heavy atom. The second-order valence-electron chi connectivity index (χ2n) is 6.99. The molecule has 114 valence electrons. The zero-order valence-electron chi connectivity index (χ0n) is 12.5. The Hall–Kier alpha value is -1.26. The molecule has 2 aliphatic carbocycles. The summed E-state index contributed by atoms with van der Waals surface area (Å²) in [6.45, 7) is 4.42. The first-order valence-electron chi connectivity index (χ1n) is 7.65. The summed E-state index contributed by atoms with van der Waals surface area (Å²) in [5.74, 6) is -0.190. The van der Waals surface area contributed by atoms with Crippen LogP contribution in [0.1, 0.15) is 58.8 Å². The number of hydrogen-bond donors (Lipinski definition) is 3.